The molecule has 9 nitrogen and oxygen atoms in total. The first-order valence-electron chi connectivity index (χ1n) is 11.2. The number of carbonyl (C=O) groups is 1. The summed E-state index contributed by atoms with van der Waals surface area (Å²) >= 11 is 0. The van der Waals surface area contributed by atoms with Crippen LogP contribution in [0.25, 0.3) is 0 Å². The minimum atomic E-state index is -0.227. The Morgan fingerprint density at radius 2 is 1.63 bits per heavy atom. The molecule has 5 N–H and O–H groups in total. The van der Waals surface area contributed by atoms with E-state index in [2.05, 4.69) is 43.9 Å². The van der Waals surface area contributed by atoms with Crippen molar-refractivity contribution in [1.82, 2.24) is 15.0 Å². The van der Waals surface area contributed by atoms with Gasteiger partial charge in [-0.1, -0.05) is 37.3 Å². The monoisotopic (exact) mass is 469 g/mol. The maximum absolute atomic E-state index is 12.6. The molecule has 0 aliphatic heterocycles. The van der Waals surface area contributed by atoms with Gasteiger partial charge in [0, 0.05) is 16.9 Å². The molecule has 3 aromatic carbocycles. The van der Waals surface area contributed by atoms with Gasteiger partial charge in [0.2, 0.25) is 11.9 Å². The lowest BCUT2D eigenvalue weighted by Crippen LogP contribution is -2.13. The van der Waals surface area contributed by atoms with Crippen LogP contribution in [0.2, 0.25) is 0 Å². The van der Waals surface area contributed by atoms with Crippen molar-refractivity contribution in [3.05, 3.63) is 89.7 Å². The molecule has 1 amide bonds. The van der Waals surface area contributed by atoms with Gasteiger partial charge in [0.25, 0.3) is 5.91 Å². The molecule has 0 aliphatic carbocycles. The second kappa shape index (κ2) is 11.0. The van der Waals surface area contributed by atoms with Gasteiger partial charge in [-0.15, -0.1) is 0 Å². The van der Waals surface area contributed by atoms with Crippen LogP contribution in [0.5, 0.6) is 5.75 Å². The Morgan fingerprint density at radius 3 is 2.37 bits per heavy atom. The number of nitrogens with one attached hydrogen (secondary N) is 3. The van der Waals surface area contributed by atoms with Crippen LogP contribution in [0.4, 0.5) is 29.0 Å². The summed E-state index contributed by atoms with van der Waals surface area (Å²) in [4.78, 5) is 25.5. The lowest BCUT2D eigenvalue weighted by molar-refractivity contribution is 0.102. The molecule has 0 bridgehead atoms. The number of rotatable bonds is 9. The van der Waals surface area contributed by atoms with Crippen LogP contribution >= 0.6 is 0 Å². The highest BCUT2D eigenvalue weighted by Gasteiger charge is 2.10. The number of para-hydroxylation sites is 3. The number of anilines is 5. The van der Waals surface area contributed by atoms with Crippen LogP contribution in [0.1, 0.15) is 28.7 Å². The van der Waals surface area contributed by atoms with Crippen molar-refractivity contribution in [1.29, 1.82) is 0 Å². The summed E-state index contributed by atoms with van der Waals surface area (Å²) in [5.41, 5.74) is 9.93. The Balaban J connectivity index is 1.39. The zero-order chi connectivity index (χ0) is 24.6. The normalized spacial score (nSPS) is 10.5. The lowest BCUT2D eigenvalue weighted by atomic mass is 10.1. The zero-order valence-corrected chi connectivity index (χ0v) is 19.6. The van der Waals surface area contributed by atoms with Crippen LogP contribution in [0, 0.1) is 0 Å². The predicted molar refractivity (Wildman–Crippen MR) is 138 cm³/mol. The van der Waals surface area contributed by atoms with Crippen LogP contribution in [-0.4, -0.2) is 28.0 Å². The first-order chi connectivity index (χ1) is 17.1. The highest BCUT2D eigenvalue weighted by Crippen LogP contribution is 2.24. The summed E-state index contributed by atoms with van der Waals surface area (Å²) in [5, 5.41) is 9.34. The minimum Gasteiger partial charge on any atom is -0.495 e. The fourth-order valence-corrected chi connectivity index (χ4v) is 3.51. The van der Waals surface area contributed by atoms with Gasteiger partial charge >= 0.3 is 0 Å². The molecule has 1 aromatic heterocycles. The maximum atomic E-state index is 12.6. The fourth-order valence-electron chi connectivity index (χ4n) is 3.51. The number of nitrogen functional groups attached to an aromatic ring is 1. The largest absolute Gasteiger partial charge is 0.495 e. The van der Waals surface area contributed by atoms with Crippen LogP contribution in [-0.2, 0) is 13.0 Å². The molecule has 178 valence electrons. The van der Waals surface area contributed by atoms with Gasteiger partial charge in [-0.2, -0.15) is 15.0 Å². The van der Waals surface area contributed by atoms with Gasteiger partial charge in [0.15, 0.2) is 5.82 Å². The van der Waals surface area contributed by atoms with Crippen molar-refractivity contribution < 1.29 is 9.53 Å². The van der Waals surface area contributed by atoms with Crippen molar-refractivity contribution in [3.8, 4) is 5.75 Å². The summed E-state index contributed by atoms with van der Waals surface area (Å²) < 4.78 is 5.28. The number of aromatic nitrogens is 3. The first kappa shape index (κ1) is 23.5. The average molecular weight is 470 g/mol. The van der Waals surface area contributed by atoms with Gasteiger partial charge in [-0.05, 0) is 54.4 Å². The van der Waals surface area contributed by atoms with E-state index in [1.165, 1.54) is 0 Å². The Morgan fingerprint density at radius 1 is 0.914 bits per heavy atom. The zero-order valence-electron chi connectivity index (χ0n) is 19.6. The van der Waals surface area contributed by atoms with Gasteiger partial charge in [0.1, 0.15) is 5.75 Å². The summed E-state index contributed by atoms with van der Waals surface area (Å²) in [6, 6.07) is 22.4. The summed E-state index contributed by atoms with van der Waals surface area (Å²) in [7, 11) is 1.56. The van der Waals surface area contributed by atoms with E-state index in [-0.39, 0.29) is 11.9 Å². The van der Waals surface area contributed by atoms with E-state index < -0.39 is 0 Å². The molecule has 0 saturated carbocycles. The second-order valence-electron chi connectivity index (χ2n) is 7.65. The SMILES string of the molecule is CCc1ccccc1Nc1nc(N)nc(CNc2ccc(C(=O)Nc3ccccc3OC)cc2)n1. The standard InChI is InChI=1S/C26H27N7O2/c1-3-17-8-4-5-9-20(17)30-26-32-23(31-25(27)33-26)16-28-19-14-12-18(13-15-19)24(34)29-21-10-6-7-11-22(21)35-2/h4-15,28H,3,16H2,1-2H3,(H,29,34)(H3,27,30,31,32,33). The molecule has 0 fully saturated rings. The number of methoxy groups -OCH3 is 1. The molecule has 35 heavy (non-hydrogen) atoms. The minimum absolute atomic E-state index is 0.136. The van der Waals surface area contributed by atoms with E-state index in [4.69, 9.17) is 10.5 Å². The van der Waals surface area contributed by atoms with Gasteiger partial charge in [-0.25, -0.2) is 0 Å². The third-order valence-corrected chi connectivity index (χ3v) is 5.30. The number of hydrogen-bond acceptors (Lipinski definition) is 8. The summed E-state index contributed by atoms with van der Waals surface area (Å²) in [6.07, 6.45) is 0.880. The molecule has 4 aromatic rings. The van der Waals surface area contributed by atoms with E-state index in [1.807, 2.05) is 42.5 Å². The molecule has 9 heteroatoms. The van der Waals surface area contributed by atoms with Crippen molar-refractivity contribution in [2.24, 2.45) is 0 Å². The summed E-state index contributed by atoms with van der Waals surface area (Å²) in [6.45, 7) is 2.43. The van der Waals surface area contributed by atoms with E-state index in [1.54, 1.807) is 31.4 Å². The number of ether oxygens (including phenoxy) is 1. The number of benzene rings is 3. The van der Waals surface area contributed by atoms with Crippen LogP contribution < -0.4 is 26.4 Å². The first-order valence-corrected chi connectivity index (χ1v) is 11.2. The third-order valence-electron chi connectivity index (χ3n) is 5.30. The Bertz CT molecular complexity index is 1310. The fraction of sp³-hybridized carbons (Fsp3) is 0.154. The van der Waals surface area contributed by atoms with E-state index in [0.717, 1.165) is 23.4 Å². The second-order valence-corrected chi connectivity index (χ2v) is 7.65. The predicted octanol–water partition coefficient (Wildman–Crippen LogP) is 4.63. The molecular formula is C26H27N7O2. The maximum Gasteiger partial charge on any atom is 0.255 e. The Hall–Kier alpha value is -4.66. The van der Waals surface area contributed by atoms with Gasteiger partial charge in [-0.3, -0.25) is 4.79 Å². The van der Waals surface area contributed by atoms with Crippen LogP contribution in [0.3, 0.4) is 0 Å². The topological polar surface area (TPSA) is 127 Å². The molecule has 0 atom stereocenters. The third kappa shape index (κ3) is 6.02. The molecular weight excluding hydrogens is 442 g/mol. The van der Waals surface area contributed by atoms with Crippen molar-refractivity contribution >= 4 is 34.9 Å². The molecule has 4 rings (SSSR count). The Labute approximate surface area is 203 Å². The van der Waals surface area contributed by atoms with Gasteiger partial charge < -0.3 is 26.4 Å². The summed E-state index contributed by atoms with van der Waals surface area (Å²) in [5.74, 6) is 1.39. The number of aryl methyl sites for hydroxylation is 1. The lowest BCUT2D eigenvalue weighted by Gasteiger charge is -2.12. The average Bonchev–Trinajstić information content (AvgIpc) is 2.88. The highest BCUT2D eigenvalue weighted by molar-refractivity contribution is 6.05. The number of nitrogens with two attached hydrogens (primary N) is 1. The van der Waals surface area contributed by atoms with E-state index >= 15 is 0 Å². The van der Waals surface area contributed by atoms with E-state index in [9.17, 15) is 4.79 Å². The number of nitrogens with zero attached hydrogens (tertiary/aromatic N) is 3. The molecule has 0 unspecified atom stereocenters. The highest BCUT2D eigenvalue weighted by atomic mass is 16.5. The number of carbonyl (C=O) groups excluding carboxylic acids is 1. The molecule has 0 spiro atoms. The van der Waals surface area contributed by atoms with Crippen molar-refractivity contribution in [3.63, 3.8) is 0 Å². The van der Waals surface area contributed by atoms with Crippen molar-refractivity contribution in [2.75, 3.05) is 28.8 Å². The Kier molecular flexibility index (Phi) is 7.37. The molecule has 0 aliphatic rings. The van der Waals surface area contributed by atoms with Crippen LogP contribution in [0.15, 0.2) is 72.8 Å². The van der Waals surface area contributed by atoms with Crippen molar-refractivity contribution in [2.45, 2.75) is 19.9 Å². The smallest absolute Gasteiger partial charge is 0.255 e. The number of hydrogen-bond donors (Lipinski definition) is 4. The molecule has 0 saturated heterocycles. The molecule has 0 radical (unpaired) electrons. The van der Waals surface area contributed by atoms with Gasteiger partial charge in [0.05, 0.1) is 19.3 Å². The number of amides is 1. The molecule has 1 heterocycles. The quantitative estimate of drug-likeness (QED) is 0.279. The van der Waals surface area contributed by atoms with E-state index in [0.29, 0.717) is 35.3 Å².